The molecule has 0 bridgehead atoms. The van der Waals surface area contributed by atoms with E-state index in [1.165, 1.54) is 11.1 Å². The van der Waals surface area contributed by atoms with Gasteiger partial charge in [-0.05, 0) is 36.3 Å². The van der Waals surface area contributed by atoms with Crippen LogP contribution in [0.1, 0.15) is 24.5 Å². The Kier molecular flexibility index (Phi) is 3.31. The van der Waals surface area contributed by atoms with Crippen molar-refractivity contribution in [3.8, 4) is 0 Å². The van der Waals surface area contributed by atoms with E-state index in [1.807, 2.05) is 0 Å². The molecule has 1 aromatic rings. The summed E-state index contributed by atoms with van der Waals surface area (Å²) < 4.78 is 0. The Hall–Kier alpha value is -1.35. The van der Waals surface area contributed by atoms with Gasteiger partial charge in [-0.2, -0.15) is 0 Å². The molecule has 0 aromatic heterocycles. The van der Waals surface area contributed by atoms with Crippen molar-refractivity contribution in [1.82, 2.24) is 4.90 Å². The number of benzene rings is 1. The normalized spacial score (nSPS) is 31.1. The lowest BCUT2D eigenvalue weighted by molar-refractivity contribution is -0.142. The van der Waals surface area contributed by atoms with Crippen molar-refractivity contribution < 1.29 is 9.90 Å². The second kappa shape index (κ2) is 4.97. The van der Waals surface area contributed by atoms with Gasteiger partial charge in [0.2, 0.25) is 0 Å². The minimum Gasteiger partial charge on any atom is -0.481 e. The van der Waals surface area contributed by atoms with Gasteiger partial charge in [-0.1, -0.05) is 31.2 Å². The molecule has 0 saturated carbocycles. The Bertz CT molecular complexity index is 485. The molecular weight excluding hydrogens is 238 g/mol. The maximum atomic E-state index is 11.2. The van der Waals surface area contributed by atoms with Crippen molar-refractivity contribution in [1.29, 1.82) is 0 Å². The standard InChI is InChI=1S/C16H21NO2/c1-11-9-17(10-15(11)16(18)19)14-7-6-12-4-2-3-5-13(12)8-14/h2-5,11,14-15H,6-10H2,1H3,(H,18,19). The van der Waals surface area contributed by atoms with Crippen LogP contribution < -0.4 is 0 Å². The van der Waals surface area contributed by atoms with Gasteiger partial charge in [0.25, 0.3) is 0 Å². The Morgan fingerprint density at radius 2 is 2.00 bits per heavy atom. The van der Waals surface area contributed by atoms with Gasteiger partial charge in [0.15, 0.2) is 0 Å². The van der Waals surface area contributed by atoms with Crippen LogP contribution in [0.2, 0.25) is 0 Å². The summed E-state index contributed by atoms with van der Waals surface area (Å²) in [6.45, 7) is 3.72. The second-order valence-electron chi connectivity index (χ2n) is 6.04. The molecule has 1 aliphatic heterocycles. The van der Waals surface area contributed by atoms with Gasteiger partial charge in [-0.3, -0.25) is 9.69 Å². The minimum atomic E-state index is -0.633. The number of rotatable bonds is 2. The predicted molar refractivity (Wildman–Crippen MR) is 74.1 cm³/mol. The average Bonchev–Trinajstić information content (AvgIpc) is 2.80. The fourth-order valence-electron chi connectivity index (χ4n) is 3.61. The number of nitrogens with zero attached hydrogens (tertiary/aromatic N) is 1. The zero-order chi connectivity index (χ0) is 13.4. The summed E-state index contributed by atoms with van der Waals surface area (Å²) >= 11 is 0. The average molecular weight is 259 g/mol. The van der Waals surface area contributed by atoms with E-state index in [0.717, 1.165) is 32.4 Å². The maximum absolute atomic E-state index is 11.2. The third kappa shape index (κ3) is 2.39. The van der Waals surface area contributed by atoms with E-state index in [-0.39, 0.29) is 11.8 Å². The van der Waals surface area contributed by atoms with Gasteiger partial charge < -0.3 is 5.11 Å². The molecule has 3 nitrogen and oxygen atoms in total. The highest BCUT2D eigenvalue weighted by atomic mass is 16.4. The lowest BCUT2D eigenvalue weighted by Gasteiger charge is -2.32. The Morgan fingerprint density at radius 1 is 1.26 bits per heavy atom. The number of likely N-dealkylation sites (tertiary alicyclic amines) is 1. The number of aryl methyl sites for hydroxylation is 1. The summed E-state index contributed by atoms with van der Waals surface area (Å²) in [5, 5.41) is 9.23. The van der Waals surface area contributed by atoms with E-state index in [0.29, 0.717) is 6.04 Å². The number of carboxylic acids is 1. The number of carboxylic acid groups (broad SMARTS) is 1. The maximum Gasteiger partial charge on any atom is 0.308 e. The van der Waals surface area contributed by atoms with Crippen LogP contribution in [0.15, 0.2) is 24.3 Å². The van der Waals surface area contributed by atoms with E-state index in [9.17, 15) is 9.90 Å². The molecule has 3 heteroatoms. The first-order valence-electron chi connectivity index (χ1n) is 7.19. The zero-order valence-corrected chi connectivity index (χ0v) is 11.4. The molecule has 1 fully saturated rings. The van der Waals surface area contributed by atoms with Crippen LogP contribution in [-0.2, 0) is 17.6 Å². The van der Waals surface area contributed by atoms with Crippen molar-refractivity contribution in [3.63, 3.8) is 0 Å². The Morgan fingerprint density at radius 3 is 2.68 bits per heavy atom. The van der Waals surface area contributed by atoms with Crippen LogP contribution >= 0.6 is 0 Å². The predicted octanol–water partition coefficient (Wildman–Crippen LogP) is 2.20. The van der Waals surface area contributed by atoms with Crippen molar-refractivity contribution in [3.05, 3.63) is 35.4 Å². The summed E-state index contributed by atoms with van der Waals surface area (Å²) in [6.07, 6.45) is 3.37. The van der Waals surface area contributed by atoms with Gasteiger partial charge in [0, 0.05) is 19.1 Å². The third-order valence-electron chi connectivity index (χ3n) is 4.80. The number of hydrogen-bond donors (Lipinski definition) is 1. The molecule has 3 unspecified atom stereocenters. The lowest BCUT2D eigenvalue weighted by atomic mass is 9.87. The molecule has 2 aliphatic rings. The van der Waals surface area contributed by atoms with E-state index in [2.05, 4.69) is 36.1 Å². The van der Waals surface area contributed by atoms with Gasteiger partial charge in [-0.25, -0.2) is 0 Å². The van der Waals surface area contributed by atoms with E-state index < -0.39 is 5.97 Å². The van der Waals surface area contributed by atoms with Crippen LogP contribution in [0.4, 0.5) is 0 Å². The summed E-state index contributed by atoms with van der Waals surface area (Å²) in [7, 11) is 0. The fourth-order valence-corrected chi connectivity index (χ4v) is 3.61. The molecule has 3 rings (SSSR count). The van der Waals surface area contributed by atoms with E-state index in [4.69, 9.17) is 0 Å². The Labute approximate surface area is 114 Å². The lowest BCUT2D eigenvalue weighted by Crippen LogP contribution is -2.38. The molecule has 1 saturated heterocycles. The van der Waals surface area contributed by atoms with Gasteiger partial charge in [-0.15, -0.1) is 0 Å². The molecule has 19 heavy (non-hydrogen) atoms. The highest BCUT2D eigenvalue weighted by molar-refractivity contribution is 5.71. The first kappa shape index (κ1) is 12.7. The third-order valence-corrected chi connectivity index (χ3v) is 4.80. The molecule has 3 atom stereocenters. The first-order chi connectivity index (χ1) is 9.15. The fraction of sp³-hybridized carbons (Fsp3) is 0.562. The van der Waals surface area contributed by atoms with Crippen molar-refractivity contribution >= 4 is 5.97 Å². The molecule has 0 radical (unpaired) electrons. The van der Waals surface area contributed by atoms with Gasteiger partial charge >= 0.3 is 5.97 Å². The highest BCUT2D eigenvalue weighted by Crippen LogP contribution is 2.30. The van der Waals surface area contributed by atoms with Gasteiger partial charge in [0.05, 0.1) is 5.92 Å². The van der Waals surface area contributed by atoms with Crippen molar-refractivity contribution in [2.75, 3.05) is 13.1 Å². The minimum absolute atomic E-state index is 0.183. The van der Waals surface area contributed by atoms with Crippen LogP contribution in [0.25, 0.3) is 0 Å². The van der Waals surface area contributed by atoms with Crippen LogP contribution in [0.5, 0.6) is 0 Å². The van der Waals surface area contributed by atoms with E-state index in [1.54, 1.807) is 0 Å². The quantitative estimate of drug-likeness (QED) is 0.885. The van der Waals surface area contributed by atoms with Crippen LogP contribution in [0.3, 0.4) is 0 Å². The SMILES string of the molecule is CC1CN(C2CCc3ccccc3C2)CC1C(=O)O. The summed E-state index contributed by atoms with van der Waals surface area (Å²) in [5.41, 5.74) is 2.92. The summed E-state index contributed by atoms with van der Waals surface area (Å²) in [4.78, 5) is 13.6. The topological polar surface area (TPSA) is 40.5 Å². The molecular formula is C16H21NO2. The molecule has 0 amide bonds. The Balaban J connectivity index is 1.71. The second-order valence-corrected chi connectivity index (χ2v) is 6.04. The van der Waals surface area contributed by atoms with Gasteiger partial charge in [0.1, 0.15) is 0 Å². The molecule has 1 heterocycles. The first-order valence-corrected chi connectivity index (χ1v) is 7.19. The van der Waals surface area contributed by atoms with Crippen LogP contribution in [0, 0.1) is 11.8 Å². The molecule has 1 aromatic carbocycles. The monoisotopic (exact) mass is 259 g/mol. The number of aliphatic carboxylic acids is 1. The van der Waals surface area contributed by atoms with Crippen LogP contribution in [-0.4, -0.2) is 35.1 Å². The number of hydrogen-bond acceptors (Lipinski definition) is 2. The molecule has 0 spiro atoms. The highest BCUT2D eigenvalue weighted by Gasteiger charge is 2.38. The van der Waals surface area contributed by atoms with Crippen molar-refractivity contribution in [2.24, 2.45) is 11.8 Å². The molecule has 1 aliphatic carbocycles. The van der Waals surface area contributed by atoms with Crippen molar-refractivity contribution in [2.45, 2.75) is 32.2 Å². The molecule has 102 valence electrons. The summed E-state index contributed by atoms with van der Waals surface area (Å²) in [6, 6.07) is 9.18. The smallest absolute Gasteiger partial charge is 0.308 e. The number of fused-ring (bicyclic) bond motifs is 1. The zero-order valence-electron chi connectivity index (χ0n) is 11.4. The summed E-state index contributed by atoms with van der Waals surface area (Å²) in [5.74, 6) is -0.543. The van der Waals surface area contributed by atoms with E-state index >= 15 is 0 Å². The number of carbonyl (C=O) groups is 1. The largest absolute Gasteiger partial charge is 0.481 e. The molecule has 1 N–H and O–H groups in total.